The van der Waals surface area contributed by atoms with Crippen molar-refractivity contribution in [2.45, 2.75) is 38.8 Å². The van der Waals surface area contributed by atoms with Crippen LogP contribution >= 0.6 is 0 Å². The smallest absolute Gasteiger partial charge is 0.332 e. The van der Waals surface area contributed by atoms with Crippen molar-refractivity contribution in [3.63, 3.8) is 0 Å². The summed E-state index contributed by atoms with van der Waals surface area (Å²) in [6.45, 7) is 2.86. The molecule has 0 unspecified atom stereocenters. The van der Waals surface area contributed by atoms with Gasteiger partial charge < -0.3 is 9.47 Å². The van der Waals surface area contributed by atoms with E-state index in [1.165, 1.54) is 17.9 Å². The van der Waals surface area contributed by atoms with E-state index in [9.17, 15) is 14.4 Å². The predicted molar refractivity (Wildman–Crippen MR) is 85.2 cm³/mol. The van der Waals surface area contributed by atoms with Crippen LogP contribution in [0.2, 0.25) is 0 Å². The third-order valence-corrected chi connectivity index (χ3v) is 4.65. The molecule has 1 aliphatic heterocycles. The SMILES string of the molecule is C[C@@H]1CCCCN1C(=O)Cn1cnc2c1c(=O)n(C)c(=O)n2C. The van der Waals surface area contributed by atoms with Gasteiger partial charge in [-0.1, -0.05) is 0 Å². The van der Waals surface area contributed by atoms with Crippen molar-refractivity contribution in [3.8, 4) is 0 Å². The summed E-state index contributed by atoms with van der Waals surface area (Å²) in [7, 11) is 2.99. The van der Waals surface area contributed by atoms with Crippen LogP contribution in [-0.2, 0) is 25.4 Å². The zero-order valence-electron chi connectivity index (χ0n) is 13.7. The molecule has 0 bridgehead atoms. The van der Waals surface area contributed by atoms with Gasteiger partial charge >= 0.3 is 5.69 Å². The van der Waals surface area contributed by atoms with Gasteiger partial charge in [-0.2, -0.15) is 0 Å². The third-order valence-electron chi connectivity index (χ3n) is 4.65. The van der Waals surface area contributed by atoms with Crippen LogP contribution in [0.15, 0.2) is 15.9 Å². The molecule has 2 aromatic rings. The molecule has 23 heavy (non-hydrogen) atoms. The second-order valence-electron chi connectivity index (χ2n) is 6.18. The van der Waals surface area contributed by atoms with Gasteiger partial charge in [-0.15, -0.1) is 0 Å². The third kappa shape index (κ3) is 2.47. The molecular weight excluding hydrogens is 298 g/mol. The van der Waals surface area contributed by atoms with Gasteiger partial charge in [0.1, 0.15) is 6.54 Å². The summed E-state index contributed by atoms with van der Waals surface area (Å²) < 4.78 is 3.90. The van der Waals surface area contributed by atoms with Gasteiger partial charge in [0, 0.05) is 26.7 Å². The van der Waals surface area contributed by atoms with Crippen molar-refractivity contribution in [1.29, 1.82) is 0 Å². The number of nitrogens with zero attached hydrogens (tertiary/aromatic N) is 5. The number of hydrogen-bond donors (Lipinski definition) is 0. The van der Waals surface area contributed by atoms with Gasteiger partial charge in [0.15, 0.2) is 11.2 Å². The van der Waals surface area contributed by atoms with E-state index in [2.05, 4.69) is 4.98 Å². The van der Waals surface area contributed by atoms with E-state index in [0.29, 0.717) is 5.65 Å². The fourth-order valence-electron chi connectivity index (χ4n) is 3.22. The minimum Gasteiger partial charge on any atom is -0.338 e. The van der Waals surface area contributed by atoms with E-state index in [-0.39, 0.29) is 24.0 Å². The number of rotatable bonds is 2. The molecule has 0 spiro atoms. The highest BCUT2D eigenvalue weighted by atomic mass is 16.2. The zero-order chi connectivity index (χ0) is 16.7. The second-order valence-corrected chi connectivity index (χ2v) is 6.18. The number of hydrogen-bond acceptors (Lipinski definition) is 4. The molecule has 124 valence electrons. The predicted octanol–water partition coefficient (Wildman–Crippen LogP) is -0.165. The Morgan fingerprint density at radius 3 is 2.70 bits per heavy atom. The van der Waals surface area contributed by atoms with Crippen molar-refractivity contribution >= 4 is 17.1 Å². The Bertz CT molecular complexity index is 876. The zero-order valence-corrected chi connectivity index (χ0v) is 13.7. The molecule has 1 saturated heterocycles. The average Bonchev–Trinajstić information content (AvgIpc) is 2.95. The van der Waals surface area contributed by atoms with Crippen LogP contribution in [0.1, 0.15) is 26.2 Å². The molecule has 8 nitrogen and oxygen atoms in total. The molecule has 8 heteroatoms. The highest BCUT2D eigenvalue weighted by molar-refractivity contribution is 5.79. The Morgan fingerprint density at radius 1 is 1.26 bits per heavy atom. The Labute approximate surface area is 132 Å². The highest BCUT2D eigenvalue weighted by Crippen LogP contribution is 2.17. The van der Waals surface area contributed by atoms with Crippen LogP contribution in [0.5, 0.6) is 0 Å². The van der Waals surface area contributed by atoms with E-state index in [4.69, 9.17) is 0 Å². The molecule has 1 fully saturated rings. The van der Waals surface area contributed by atoms with Crippen molar-refractivity contribution in [2.75, 3.05) is 6.54 Å². The molecule has 0 radical (unpaired) electrons. The number of imidazole rings is 1. The Kier molecular flexibility index (Phi) is 3.83. The number of carbonyl (C=O) groups excluding carboxylic acids is 1. The molecule has 1 amide bonds. The van der Waals surface area contributed by atoms with Crippen LogP contribution in [0.3, 0.4) is 0 Å². The van der Waals surface area contributed by atoms with Gasteiger partial charge in [0.05, 0.1) is 6.33 Å². The van der Waals surface area contributed by atoms with Crippen molar-refractivity contribution in [2.24, 2.45) is 14.1 Å². The van der Waals surface area contributed by atoms with E-state index in [1.54, 1.807) is 11.6 Å². The molecule has 0 saturated carbocycles. The summed E-state index contributed by atoms with van der Waals surface area (Å²) in [6.07, 6.45) is 4.61. The maximum absolute atomic E-state index is 12.6. The summed E-state index contributed by atoms with van der Waals surface area (Å²) in [5, 5.41) is 0. The normalized spacial score (nSPS) is 18.6. The molecule has 3 heterocycles. The lowest BCUT2D eigenvalue weighted by Crippen LogP contribution is -2.44. The second kappa shape index (κ2) is 5.68. The van der Waals surface area contributed by atoms with Crippen LogP contribution in [-0.4, -0.2) is 42.1 Å². The van der Waals surface area contributed by atoms with E-state index in [1.807, 2.05) is 11.8 Å². The minimum atomic E-state index is -0.430. The fourth-order valence-corrected chi connectivity index (χ4v) is 3.22. The largest absolute Gasteiger partial charge is 0.338 e. The summed E-state index contributed by atoms with van der Waals surface area (Å²) >= 11 is 0. The molecule has 0 N–H and O–H groups in total. The van der Waals surface area contributed by atoms with E-state index < -0.39 is 11.2 Å². The molecule has 2 aromatic heterocycles. The first-order valence-corrected chi connectivity index (χ1v) is 7.82. The van der Waals surface area contributed by atoms with Crippen LogP contribution < -0.4 is 11.2 Å². The Hall–Kier alpha value is -2.38. The van der Waals surface area contributed by atoms with Crippen molar-refractivity contribution < 1.29 is 4.79 Å². The number of aromatic nitrogens is 4. The number of fused-ring (bicyclic) bond motifs is 1. The lowest BCUT2D eigenvalue weighted by Gasteiger charge is -2.33. The number of carbonyl (C=O) groups is 1. The summed E-state index contributed by atoms with van der Waals surface area (Å²) in [5.41, 5.74) is -0.269. The van der Waals surface area contributed by atoms with E-state index in [0.717, 1.165) is 30.4 Å². The van der Waals surface area contributed by atoms with Crippen molar-refractivity contribution in [3.05, 3.63) is 27.2 Å². The molecule has 0 aliphatic carbocycles. The number of likely N-dealkylation sites (tertiary alicyclic amines) is 1. The average molecular weight is 319 g/mol. The Balaban J connectivity index is 2.00. The lowest BCUT2D eigenvalue weighted by atomic mass is 10.0. The van der Waals surface area contributed by atoms with E-state index >= 15 is 0 Å². The molecule has 1 aliphatic rings. The Morgan fingerprint density at radius 2 is 2.00 bits per heavy atom. The highest BCUT2D eigenvalue weighted by Gasteiger charge is 2.24. The molecular formula is C15H21N5O3. The first-order valence-electron chi connectivity index (χ1n) is 7.82. The topological polar surface area (TPSA) is 82.1 Å². The van der Waals surface area contributed by atoms with Gasteiger partial charge in [-0.25, -0.2) is 9.78 Å². The monoisotopic (exact) mass is 319 g/mol. The van der Waals surface area contributed by atoms with Gasteiger partial charge in [-0.05, 0) is 26.2 Å². The van der Waals surface area contributed by atoms with Crippen molar-refractivity contribution in [1.82, 2.24) is 23.6 Å². The molecule has 0 aromatic carbocycles. The molecule has 1 atom stereocenters. The quantitative estimate of drug-likeness (QED) is 0.770. The van der Waals surface area contributed by atoms with Crippen LogP contribution in [0, 0.1) is 0 Å². The number of aryl methyl sites for hydroxylation is 1. The van der Waals surface area contributed by atoms with Gasteiger partial charge in [-0.3, -0.25) is 18.7 Å². The van der Waals surface area contributed by atoms with Gasteiger partial charge in [0.2, 0.25) is 5.91 Å². The number of amides is 1. The summed E-state index contributed by atoms with van der Waals surface area (Å²) in [6, 6.07) is 0.221. The standard InChI is InChI=1S/C15H21N5O3/c1-10-6-4-5-7-20(10)11(21)8-19-9-16-13-12(19)14(22)18(3)15(23)17(13)2/h9-10H,4-8H2,1-3H3/t10-/m1/s1. The minimum absolute atomic E-state index is 0.0209. The number of piperidine rings is 1. The van der Waals surface area contributed by atoms with Gasteiger partial charge in [0.25, 0.3) is 5.56 Å². The summed E-state index contributed by atoms with van der Waals surface area (Å²) in [5.74, 6) is -0.0209. The first-order chi connectivity index (χ1) is 10.9. The summed E-state index contributed by atoms with van der Waals surface area (Å²) in [4.78, 5) is 42.9. The first kappa shape index (κ1) is 15.5. The fraction of sp³-hybridized carbons (Fsp3) is 0.600. The maximum atomic E-state index is 12.6. The van der Waals surface area contributed by atoms with Crippen LogP contribution in [0.25, 0.3) is 11.2 Å². The lowest BCUT2D eigenvalue weighted by molar-refractivity contribution is -0.135. The molecule has 3 rings (SSSR count). The van der Waals surface area contributed by atoms with Crippen LogP contribution in [0.4, 0.5) is 0 Å². The maximum Gasteiger partial charge on any atom is 0.332 e.